The van der Waals surface area contributed by atoms with Gasteiger partial charge < -0.3 is 10.5 Å². The van der Waals surface area contributed by atoms with Crippen molar-refractivity contribution in [2.75, 3.05) is 13.4 Å². The molecule has 5 nitrogen and oxygen atoms in total. The van der Waals surface area contributed by atoms with Crippen molar-refractivity contribution in [2.45, 2.75) is 6.04 Å². The molecule has 0 fully saturated rings. The molecule has 6 heteroatoms. The highest BCUT2D eigenvalue weighted by molar-refractivity contribution is 8.14. The summed E-state index contributed by atoms with van der Waals surface area (Å²) in [7, 11) is 1.27. The highest BCUT2D eigenvalue weighted by atomic mass is 32.2. The Labute approximate surface area is 120 Å². The number of nitrogens with zero attached hydrogens (tertiary/aromatic N) is 1. The topological polar surface area (TPSA) is 81.8 Å². The number of hydrogen-bond acceptors (Lipinski definition) is 6. The summed E-state index contributed by atoms with van der Waals surface area (Å²) >= 11 is 1.26. The third-order valence-electron chi connectivity index (χ3n) is 2.93. The van der Waals surface area contributed by atoms with Crippen molar-refractivity contribution >= 4 is 28.6 Å². The molecule has 0 bridgehead atoms. The monoisotopic (exact) mass is 290 g/mol. The SMILES string of the molecule is COC(=O)C1=C(N)C(C(=O)c2ccccc2)N=C1SC. The summed E-state index contributed by atoms with van der Waals surface area (Å²) in [5, 5.41) is 0.434. The number of ketones is 1. The number of rotatable bonds is 3. The first-order valence-electron chi connectivity index (χ1n) is 5.89. The van der Waals surface area contributed by atoms with Gasteiger partial charge in [-0.15, -0.1) is 11.8 Å². The first-order valence-corrected chi connectivity index (χ1v) is 7.12. The average Bonchev–Trinajstić information content (AvgIpc) is 2.83. The van der Waals surface area contributed by atoms with Crippen LogP contribution in [0.2, 0.25) is 0 Å². The van der Waals surface area contributed by atoms with Crippen LogP contribution in [0.1, 0.15) is 10.4 Å². The van der Waals surface area contributed by atoms with Gasteiger partial charge in [-0.1, -0.05) is 30.3 Å². The second kappa shape index (κ2) is 5.92. The van der Waals surface area contributed by atoms with Crippen LogP contribution in [0.15, 0.2) is 46.6 Å². The molecule has 1 aromatic rings. The molecule has 0 amide bonds. The van der Waals surface area contributed by atoms with E-state index in [1.54, 1.807) is 30.5 Å². The van der Waals surface area contributed by atoms with Gasteiger partial charge in [-0.3, -0.25) is 9.79 Å². The zero-order valence-corrected chi connectivity index (χ0v) is 11.9. The molecule has 0 aromatic heterocycles. The number of carbonyl (C=O) groups excluding carboxylic acids is 2. The Balaban J connectivity index is 2.39. The van der Waals surface area contributed by atoms with Crippen LogP contribution < -0.4 is 5.73 Å². The number of methoxy groups -OCH3 is 1. The lowest BCUT2D eigenvalue weighted by Gasteiger charge is -2.08. The van der Waals surface area contributed by atoms with Crippen molar-refractivity contribution in [3.8, 4) is 0 Å². The molecular weight excluding hydrogens is 276 g/mol. The standard InChI is InChI=1S/C14H14N2O3S/c1-19-14(18)9-10(15)11(16-13(9)20-2)12(17)8-6-4-3-5-7-8/h3-7,11H,15H2,1-2H3. The number of Topliss-reactive ketones (excluding diaryl/α,β-unsaturated/α-hetero) is 1. The van der Waals surface area contributed by atoms with Gasteiger partial charge in [0.25, 0.3) is 0 Å². The minimum Gasteiger partial charge on any atom is -0.465 e. The van der Waals surface area contributed by atoms with Crippen molar-refractivity contribution in [1.82, 2.24) is 0 Å². The van der Waals surface area contributed by atoms with Crippen molar-refractivity contribution in [3.05, 3.63) is 47.2 Å². The van der Waals surface area contributed by atoms with Gasteiger partial charge in [0.2, 0.25) is 0 Å². The van der Waals surface area contributed by atoms with Gasteiger partial charge in [-0.2, -0.15) is 0 Å². The van der Waals surface area contributed by atoms with Gasteiger partial charge in [0.1, 0.15) is 10.6 Å². The van der Waals surface area contributed by atoms with E-state index in [1.807, 2.05) is 6.07 Å². The lowest BCUT2D eigenvalue weighted by atomic mass is 10.0. The lowest BCUT2D eigenvalue weighted by molar-refractivity contribution is -0.135. The molecular formula is C14H14N2O3S. The van der Waals surface area contributed by atoms with Crippen LogP contribution in [0.5, 0.6) is 0 Å². The fraction of sp³-hybridized carbons (Fsp3) is 0.214. The number of hydrogen-bond donors (Lipinski definition) is 1. The lowest BCUT2D eigenvalue weighted by Crippen LogP contribution is -2.25. The number of benzene rings is 1. The van der Waals surface area contributed by atoms with Crippen LogP contribution in [0.4, 0.5) is 0 Å². The van der Waals surface area contributed by atoms with E-state index in [-0.39, 0.29) is 17.1 Å². The Kier molecular flexibility index (Phi) is 4.24. The molecule has 1 unspecified atom stereocenters. The first-order chi connectivity index (χ1) is 9.60. The summed E-state index contributed by atoms with van der Waals surface area (Å²) in [4.78, 5) is 28.4. The van der Waals surface area contributed by atoms with Gasteiger partial charge in [-0.25, -0.2) is 4.79 Å². The van der Waals surface area contributed by atoms with Crippen LogP contribution in [0.3, 0.4) is 0 Å². The molecule has 20 heavy (non-hydrogen) atoms. The maximum absolute atomic E-state index is 12.4. The van der Waals surface area contributed by atoms with Crippen molar-refractivity contribution in [1.29, 1.82) is 0 Å². The predicted octanol–water partition coefficient (Wildman–Crippen LogP) is 1.40. The number of carbonyl (C=O) groups is 2. The van der Waals surface area contributed by atoms with Gasteiger partial charge in [0, 0.05) is 5.56 Å². The molecule has 2 N–H and O–H groups in total. The molecule has 1 aliphatic heterocycles. The first kappa shape index (κ1) is 14.3. The fourth-order valence-corrected chi connectivity index (χ4v) is 2.55. The summed E-state index contributed by atoms with van der Waals surface area (Å²) < 4.78 is 4.69. The Morgan fingerprint density at radius 3 is 2.50 bits per heavy atom. The van der Waals surface area contributed by atoms with E-state index in [9.17, 15) is 9.59 Å². The van der Waals surface area contributed by atoms with Gasteiger partial charge in [0.15, 0.2) is 11.8 Å². The zero-order valence-electron chi connectivity index (χ0n) is 11.1. The van der Waals surface area contributed by atoms with Crippen LogP contribution in [0, 0.1) is 0 Å². The molecule has 2 rings (SSSR count). The van der Waals surface area contributed by atoms with E-state index in [0.29, 0.717) is 10.6 Å². The minimum absolute atomic E-state index is 0.148. The van der Waals surface area contributed by atoms with Crippen molar-refractivity contribution in [2.24, 2.45) is 10.7 Å². The molecule has 0 saturated carbocycles. The number of aliphatic imine (C=N–C) groups is 1. The molecule has 0 aliphatic carbocycles. The Morgan fingerprint density at radius 2 is 1.95 bits per heavy atom. The molecule has 104 valence electrons. The quantitative estimate of drug-likeness (QED) is 0.672. The maximum Gasteiger partial charge on any atom is 0.342 e. The number of esters is 1. The van der Waals surface area contributed by atoms with E-state index in [4.69, 9.17) is 5.73 Å². The number of thioether (sulfide) groups is 1. The van der Waals surface area contributed by atoms with E-state index < -0.39 is 12.0 Å². The number of nitrogens with two attached hydrogens (primary N) is 1. The Hall–Kier alpha value is -2.08. The third kappa shape index (κ3) is 2.46. The molecule has 1 aromatic carbocycles. The Bertz CT molecular complexity index is 608. The summed E-state index contributed by atoms with van der Waals surface area (Å²) in [6, 6.07) is 7.89. The summed E-state index contributed by atoms with van der Waals surface area (Å²) in [5.74, 6) is -0.799. The van der Waals surface area contributed by atoms with Crippen LogP contribution in [-0.2, 0) is 9.53 Å². The second-order valence-corrected chi connectivity index (χ2v) is 4.89. The summed E-state index contributed by atoms with van der Waals surface area (Å²) in [6.45, 7) is 0. The number of ether oxygens (including phenoxy) is 1. The van der Waals surface area contributed by atoms with E-state index in [2.05, 4.69) is 9.73 Å². The molecule has 0 saturated heterocycles. The summed E-state index contributed by atoms with van der Waals surface area (Å²) in [5.41, 5.74) is 6.78. The summed E-state index contributed by atoms with van der Waals surface area (Å²) in [6.07, 6.45) is 1.77. The molecule has 1 heterocycles. The zero-order chi connectivity index (χ0) is 14.7. The molecule has 0 spiro atoms. The van der Waals surface area contributed by atoms with Gasteiger partial charge >= 0.3 is 5.97 Å². The van der Waals surface area contributed by atoms with Crippen molar-refractivity contribution < 1.29 is 14.3 Å². The van der Waals surface area contributed by atoms with Crippen molar-refractivity contribution in [3.63, 3.8) is 0 Å². The van der Waals surface area contributed by atoms with Crippen LogP contribution in [0.25, 0.3) is 0 Å². The third-order valence-corrected chi connectivity index (χ3v) is 3.63. The average molecular weight is 290 g/mol. The smallest absolute Gasteiger partial charge is 0.342 e. The van der Waals surface area contributed by atoms with Gasteiger partial charge in [0.05, 0.1) is 12.8 Å². The van der Waals surface area contributed by atoms with E-state index in [0.717, 1.165) is 0 Å². The molecule has 0 radical (unpaired) electrons. The highest BCUT2D eigenvalue weighted by Crippen LogP contribution is 2.26. The normalized spacial score (nSPS) is 17.9. The Morgan fingerprint density at radius 1 is 1.30 bits per heavy atom. The molecule has 1 aliphatic rings. The molecule has 1 atom stereocenters. The maximum atomic E-state index is 12.4. The van der Waals surface area contributed by atoms with Crippen LogP contribution in [-0.4, -0.2) is 36.2 Å². The largest absolute Gasteiger partial charge is 0.465 e. The van der Waals surface area contributed by atoms with Crippen LogP contribution >= 0.6 is 11.8 Å². The highest BCUT2D eigenvalue weighted by Gasteiger charge is 2.35. The second-order valence-electron chi connectivity index (χ2n) is 4.09. The van der Waals surface area contributed by atoms with E-state index >= 15 is 0 Å². The van der Waals surface area contributed by atoms with E-state index in [1.165, 1.54) is 18.9 Å². The minimum atomic E-state index is -0.853. The predicted molar refractivity (Wildman–Crippen MR) is 78.7 cm³/mol. The van der Waals surface area contributed by atoms with Gasteiger partial charge in [-0.05, 0) is 6.26 Å². The fourth-order valence-electron chi connectivity index (χ4n) is 1.93.